The van der Waals surface area contributed by atoms with Crippen LogP contribution in [-0.4, -0.2) is 23.5 Å². The Morgan fingerprint density at radius 1 is 1.23 bits per heavy atom. The van der Waals surface area contributed by atoms with Gasteiger partial charge in [-0.2, -0.15) is 0 Å². The van der Waals surface area contributed by atoms with Crippen LogP contribution in [-0.2, 0) is 6.42 Å². The first-order valence-electron chi connectivity index (χ1n) is 9.05. The Bertz CT molecular complexity index is 935. The zero-order chi connectivity index (χ0) is 18.1. The van der Waals surface area contributed by atoms with E-state index in [1.54, 1.807) is 0 Å². The summed E-state index contributed by atoms with van der Waals surface area (Å²) in [5, 5.41) is 1.44. The van der Waals surface area contributed by atoms with Crippen molar-refractivity contribution in [2.45, 2.75) is 31.7 Å². The van der Waals surface area contributed by atoms with Gasteiger partial charge in [-0.3, -0.25) is 4.79 Å². The second-order valence-electron chi connectivity index (χ2n) is 6.92. The molecule has 0 saturated carbocycles. The van der Waals surface area contributed by atoms with Crippen LogP contribution in [0.25, 0.3) is 10.9 Å². The van der Waals surface area contributed by atoms with Crippen LogP contribution in [0.2, 0.25) is 5.02 Å². The van der Waals surface area contributed by atoms with Crippen molar-refractivity contribution in [1.29, 1.82) is 0 Å². The fraction of sp³-hybridized carbons (Fsp3) is 0.286. The van der Waals surface area contributed by atoms with E-state index in [2.05, 4.69) is 34.1 Å². The number of benzene rings is 2. The number of rotatable bonds is 4. The van der Waals surface area contributed by atoms with Crippen LogP contribution in [0.15, 0.2) is 48.7 Å². The zero-order valence-electron chi connectivity index (χ0n) is 14.5. The molecular formula is C21H22ClN3O. The summed E-state index contributed by atoms with van der Waals surface area (Å²) >= 11 is 6.40. The monoisotopic (exact) mass is 367 g/mol. The van der Waals surface area contributed by atoms with E-state index >= 15 is 0 Å². The van der Waals surface area contributed by atoms with Crippen LogP contribution in [0.3, 0.4) is 0 Å². The molecule has 3 N–H and O–H groups in total. The predicted molar refractivity (Wildman–Crippen MR) is 107 cm³/mol. The lowest BCUT2D eigenvalue weighted by molar-refractivity contribution is 0.100. The molecule has 1 aromatic heterocycles. The van der Waals surface area contributed by atoms with Crippen molar-refractivity contribution < 1.29 is 4.79 Å². The summed E-state index contributed by atoms with van der Waals surface area (Å²) in [4.78, 5) is 17.5. The van der Waals surface area contributed by atoms with Crippen LogP contribution in [0.5, 0.6) is 0 Å². The lowest BCUT2D eigenvalue weighted by Gasteiger charge is -2.38. The zero-order valence-corrected chi connectivity index (χ0v) is 15.3. The Morgan fingerprint density at radius 2 is 2.04 bits per heavy atom. The number of aromatic amines is 1. The number of hydrogen-bond donors (Lipinski definition) is 2. The maximum absolute atomic E-state index is 11.9. The average molecular weight is 368 g/mol. The number of hydrogen-bond acceptors (Lipinski definition) is 2. The minimum atomic E-state index is -0.496. The second-order valence-corrected chi connectivity index (χ2v) is 7.30. The van der Waals surface area contributed by atoms with Crippen LogP contribution >= 0.6 is 11.6 Å². The summed E-state index contributed by atoms with van der Waals surface area (Å²) in [6, 6.07) is 14.8. The Hall–Kier alpha value is -2.46. The molecule has 4 nitrogen and oxygen atoms in total. The molecule has 26 heavy (non-hydrogen) atoms. The van der Waals surface area contributed by atoms with Crippen molar-refractivity contribution >= 4 is 34.1 Å². The largest absolute Gasteiger partial charge is 0.368 e. The lowest BCUT2D eigenvalue weighted by Crippen LogP contribution is -2.41. The van der Waals surface area contributed by atoms with E-state index in [4.69, 9.17) is 17.3 Å². The number of nitrogens with two attached hydrogens (primary N) is 1. The molecule has 1 atom stereocenters. The molecule has 0 spiro atoms. The van der Waals surface area contributed by atoms with Gasteiger partial charge in [0.2, 0.25) is 5.91 Å². The first kappa shape index (κ1) is 17.0. The third kappa shape index (κ3) is 3.06. The van der Waals surface area contributed by atoms with Crippen LogP contribution in [0.1, 0.15) is 35.2 Å². The third-order valence-corrected chi connectivity index (χ3v) is 5.67. The molecule has 1 amide bonds. The number of primary amides is 1. The second kappa shape index (κ2) is 7.04. The molecule has 1 aliphatic heterocycles. The SMILES string of the molecule is NC(=O)c1cc(N2CCCCC2Cc2ccccc2)c2cc[nH]c2c1Cl. The van der Waals surface area contributed by atoms with Crippen molar-refractivity contribution in [2.75, 3.05) is 11.4 Å². The number of aromatic nitrogens is 1. The molecule has 1 unspecified atom stereocenters. The molecule has 3 aromatic rings. The number of carbonyl (C=O) groups excluding carboxylic acids is 1. The first-order valence-corrected chi connectivity index (χ1v) is 9.43. The molecule has 134 valence electrons. The molecule has 0 aliphatic carbocycles. The minimum absolute atomic E-state index is 0.376. The fourth-order valence-corrected chi connectivity index (χ4v) is 4.31. The highest BCUT2D eigenvalue weighted by Crippen LogP contribution is 2.37. The van der Waals surface area contributed by atoms with E-state index in [1.165, 1.54) is 12.0 Å². The van der Waals surface area contributed by atoms with Gasteiger partial charge in [-0.25, -0.2) is 0 Å². The Morgan fingerprint density at radius 3 is 2.81 bits per heavy atom. The summed E-state index contributed by atoms with van der Waals surface area (Å²) < 4.78 is 0. The molecule has 1 aliphatic rings. The smallest absolute Gasteiger partial charge is 0.250 e. The summed E-state index contributed by atoms with van der Waals surface area (Å²) in [6.45, 7) is 0.970. The lowest BCUT2D eigenvalue weighted by atomic mass is 9.94. The van der Waals surface area contributed by atoms with Gasteiger partial charge < -0.3 is 15.6 Å². The Labute approximate surface area is 157 Å². The van der Waals surface area contributed by atoms with E-state index < -0.39 is 5.91 Å². The van der Waals surface area contributed by atoms with E-state index in [-0.39, 0.29) is 0 Å². The molecule has 2 heterocycles. The van der Waals surface area contributed by atoms with Gasteiger partial charge in [-0.05, 0) is 43.4 Å². The highest BCUT2D eigenvalue weighted by molar-refractivity contribution is 6.38. The van der Waals surface area contributed by atoms with Crippen LogP contribution in [0, 0.1) is 0 Å². The molecular weight excluding hydrogens is 346 g/mol. The minimum Gasteiger partial charge on any atom is -0.368 e. The van der Waals surface area contributed by atoms with E-state index in [1.807, 2.05) is 24.4 Å². The van der Waals surface area contributed by atoms with Crippen LogP contribution < -0.4 is 10.6 Å². The Kier molecular flexibility index (Phi) is 4.60. The third-order valence-electron chi connectivity index (χ3n) is 5.28. The van der Waals surface area contributed by atoms with Crippen molar-refractivity contribution in [3.8, 4) is 0 Å². The van der Waals surface area contributed by atoms with Gasteiger partial charge in [0, 0.05) is 29.9 Å². The van der Waals surface area contributed by atoms with Gasteiger partial charge in [0.05, 0.1) is 16.1 Å². The van der Waals surface area contributed by atoms with Crippen LogP contribution in [0.4, 0.5) is 5.69 Å². The molecule has 2 aromatic carbocycles. The average Bonchev–Trinajstić information content (AvgIpc) is 3.14. The normalized spacial score (nSPS) is 17.6. The maximum atomic E-state index is 11.9. The predicted octanol–water partition coefficient (Wildman–Crippen LogP) is 4.52. The standard InChI is InChI=1S/C21H22ClN3O/c22-19-17(21(23)26)13-18(16-9-10-24-20(16)19)25-11-5-4-8-15(25)12-14-6-2-1-3-7-14/h1-3,6-7,9-10,13,15,24H,4-5,8,11-12H2,(H2,23,26). The van der Waals surface area contributed by atoms with E-state index in [0.29, 0.717) is 16.6 Å². The number of nitrogens with zero attached hydrogens (tertiary/aromatic N) is 1. The van der Waals surface area contributed by atoms with E-state index in [0.717, 1.165) is 42.4 Å². The number of amides is 1. The first-order chi connectivity index (χ1) is 12.6. The van der Waals surface area contributed by atoms with Crippen molar-refractivity contribution in [3.05, 3.63) is 64.8 Å². The van der Waals surface area contributed by atoms with Gasteiger partial charge >= 0.3 is 0 Å². The van der Waals surface area contributed by atoms with Gasteiger partial charge in [-0.15, -0.1) is 0 Å². The highest BCUT2D eigenvalue weighted by atomic mass is 35.5. The molecule has 4 rings (SSSR count). The Balaban J connectivity index is 1.78. The number of anilines is 1. The van der Waals surface area contributed by atoms with Crippen molar-refractivity contribution in [1.82, 2.24) is 4.98 Å². The van der Waals surface area contributed by atoms with Gasteiger partial charge in [0.1, 0.15) is 0 Å². The number of H-pyrrole nitrogens is 1. The van der Waals surface area contributed by atoms with Crippen molar-refractivity contribution in [3.63, 3.8) is 0 Å². The van der Waals surface area contributed by atoms with Crippen molar-refractivity contribution in [2.24, 2.45) is 5.73 Å². The molecule has 1 saturated heterocycles. The quantitative estimate of drug-likeness (QED) is 0.712. The summed E-state index contributed by atoms with van der Waals surface area (Å²) in [7, 11) is 0. The van der Waals surface area contributed by atoms with Gasteiger partial charge in [0.25, 0.3) is 0 Å². The van der Waals surface area contributed by atoms with Gasteiger partial charge in [0.15, 0.2) is 0 Å². The topological polar surface area (TPSA) is 62.1 Å². The summed E-state index contributed by atoms with van der Waals surface area (Å²) in [5.74, 6) is -0.496. The molecule has 0 bridgehead atoms. The van der Waals surface area contributed by atoms with Gasteiger partial charge in [-0.1, -0.05) is 41.9 Å². The highest BCUT2D eigenvalue weighted by Gasteiger charge is 2.26. The fourth-order valence-electron chi connectivity index (χ4n) is 4.01. The van der Waals surface area contributed by atoms with E-state index in [9.17, 15) is 4.79 Å². The maximum Gasteiger partial charge on any atom is 0.250 e. The number of fused-ring (bicyclic) bond motifs is 1. The molecule has 1 fully saturated rings. The number of halogens is 1. The molecule has 0 radical (unpaired) electrons. The number of nitrogens with one attached hydrogen (secondary N) is 1. The summed E-state index contributed by atoms with van der Waals surface area (Å²) in [5.41, 5.74) is 9.10. The summed E-state index contributed by atoms with van der Waals surface area (Å²) in [6.07, 6.45) is 6.35. The number of carbonyl (C=O) groups is 1. The molecule has 5 heteroatoms. The number of piperidine rings is 1.